The first-order valence-corrected chi connectivity index (χ1v) is 5.64. The highest BCUT2D eigenvalue weighted by atomic mass is 32.2. The zero-order chi connectivity index (χ0) is 8.53. The molecule has 0 heterocycles. The lowest BCUT2D eigenvalue weighted by atomic mass is 10.2. The number of nitrogens with zero attached hydrogens (tertiary/aromatic N) is 1. The van der Waals surface area contributed by atoms with E-state index in [9.17, 15) is 0 Å². The van der Waals surface area contributed by atoms with Crippen LogP contribution in [0.1, 0.15) is 32.6 Å². The number of rotatable bonds is 6. The molecule has 1 unspecified atom stereocenters. The molecule has 0 aromatic rings. The zero-order valence-corrected chi connectivity index (χ0v) is 8.80. The van der Waals surface area contributed by atoms with Crippen LogP contribution in [0.15, 0.2) is 4.99 Å². The molecule has 0 rings (SSSR count). The van der Waals surface area contributed by atoms with Gasteiger partial charge in [-0.2, -0.15) is 0 Å². The van der Waals surface area contributed by atoms with Crippen molar-refractivity contribution in [2.24, 2.45) is 4.99 Å². The van der Waals surface area contributed by atoms with E-state index in [1.165, 1.54) is 19.3 Å². The summed E-state index contributed by atoms with van der Waals surface area (Å²) >= 11 is 6.29. The molecule has 0 saturated carbocycles. The van der Waals surface area contributed by atoms with E-state index in [-0.39, 0.29) is 0 Å². The molecule has 0 fully saturated rings. The van der Waals surface area contributed by atoms with E-state index in [2.05, 4.69) is 35.6 Å². The lowest BCUT2D eigenvalue weighted by Crippen LogP contribution is -1.96. The first-order chi connectivity index (χ1) is 5.35. The van der Waals surface area contributed by atoms with Crippen LogP contribution < -0.4 is 0 Å². The van der Waals surface area contributed by atoms with Gasteiger partial charge in [-0.3, -0.25) is 0 Å². The quantitative estimate of drug-likeness (QED) is 0.361. The highest BCUT2D eigenvalue weighted by Gasteiger charge is 2.01. The van der Waals surface area contributed by atoms with Gasteiger partial charge in [0.2, 0.25) is 0 Å². The fourth-order valence-electron chi connectivity index (χ4n) is 0.863. The Morgan fingerprint density at radius 1 is 1.55 bits per heavy atom. The summed E-state index contributed by atoms with van der Waals surface area (Å²) in [5.41, 5.74) is 0. The van der Waals surface area contributed by atoms with Gasteiger partial charge in [0.25, 0.3) is 0 Å². The first-order valence-electron chi connectivity index (χ1n) is 3.95. The molecule has 64 valence electrons. The zero-order valence-electron chi connectivity index (χ0n) is 7.17. The van der Waals surface area contributed by atoms with Crippen molar-refractivity contribution >= 4 is 29.1 Å². The Morgan fingerprint density at radius 3 is 2.73 bits per heavy atom. The molecule has 3 heteroatoms. The van der Waals surface area contributed by atoms with Crippen LogP contribution in [0, 0.1) is 0 Å². The van der Waals surface area contributed by atoms with Gasteiger partial charge in [0.1, 0.15) is 5.37 Å². The number of thioether (sulfide) groups is 1. The molecule has 0 aliphatic carbocycles. The van der Waals surface area contributed by atoms with Crippen molar-refractivity contribution in [3.63, 3.8) is 0 Å². The summed E-state index contributed by atoms with van der Waals surface area (Å²) in [6.45, 7) is 2.20. The van der Waals surface area contributed by atoms with E-state index >= 15 is 0 Å². The predicted molar refractivity (Wildman–Crippen MR) is 56.5 cm³/mol. The second kappa shape index (κ2) is 8.25. The third kappa shape index (κ3) is 6.54. The average Bonchev–Trinajstić information content (AvgIpc) is 2.03. The number of unbranched alkanes of at least 4 members (excludes halogenated alkanes) is 2. The molecule has 1 atom stereocenters. The van der Waals surface area contributed by atoms with Crippen LogP contribution in [-0.4, -0.2) is 16.8 Å². The minimum Gasteiger partial charge on any atom is -0.218 e. The molecule has 0 radical (unpaired) electrons. The van der Waals surface area contributed by atoms with E-state index in [1.54, 1.807) is 11.8 Å². The van der Waals surface area contributed by atoms with Gasteiger partial charge in [-0.1, -0.05) is 26.2 Å². The maximum absolute atomic E-state index is 4.54. The minimum absolute atomic E-state index is 0.346. The molecule has 0 amide bonds. The molecule has 0 aromatic heterocycles. The summed E-state index contributed by atoms with van der Waals surface area (Å²) < 4.78 is 0. The standard InChI is InChI=1S/C8H15NS2/c1-3-4-5-6-8(11-2)9-7-10/h8H,3-6H2,1-2H3. The van der Waals surface area contributed by atoms with Gasteiger partial charge >= 0.3 is 0 Å². The summed E-state index contributed by atoms with van der Waals surface area (Å²) in [6, 6.07) is 0. The van der Waals surface area contributed by atoms with Gasteiger partial charge in [-0.15, -0.1) is 11.8 Å². The van der Waals surface area contributed by atoms with Gasteiger partial charge in [-0.05, 0) is 24.9 Å². The Labute approximate surface area is 78.7 Å². The Kier molecular flexibility index (Phi) is 8.36. The van der Waals surface area contributed by atoms with Crippen molar-refractivity contribution in [3.8, 4) is 0 Å². The van der Waals surface area contributed by atoms with Crippen molar-refractivity contribution < 1.29 is 0 Å². The topological polar surface area (TPSA) is 12.4 Å². The number of thiocarbonyl (C=S) groups is 1. The Bertz CT molecular complexity index is 130. The molecular formula is C8H15NS2. The molecule has 0 aliphatic rings. The molecule has 0 bridgehead atoms. The van der Waals surface area contributed by atoms with Gasteiger partial charge < -0.3 is 0 Å². The number of aliphatic imine (C=N–C) groups is 1. The summed E-state index contributed by atoms with van der Waals surface area (Å²) in [7, 11) is 0. The van der Waals surface area contributed by atoms with Crippen molar-refractivity contribution in [2.45, 2.75) is 38.0 Å². The maximum atomic E-state index is 4.54. The van der Waals surface area contributed by atoms with Crippen LogP contribution in [-0.2, 0) is 0 Å². The van der Waals surface area contributed by atoms with E-state index in [0.29, 0.717) is 5.37 Å². The van der Waals surface area contributed by atoms with Crippen LogP contribution in [0.2, 0.25) is 0 Å². The SMILES string of the molecule is CCCCCC(N=C=S)SC. The second-order valence-electron chi connectivity index (χ2n) is 2.41. The van der Waals surface area contributed by atoms with Gasteiger partial charge in [0, 0.05) is 0 Å². The van der Waals surface area contributed by atoms with Crippen LogP contribution in [0.25, 0.3) is 0 Å². The Morgan fingerprint density at radius 2 is 2.27 bits per heavy atom. The molecule has 11 heavy (non-hydrogen) atoms. The van der Waals surface area contributed by atoms with Gasteiger partial charge in [0.15, 0.2) is 0 Å². The van der Waals surface area contributed by atoms with E-state index in [0.717, 1.165) is 6.42 Å². The average molecular weight is 189 g/mol. The number of hydrogen-bond donors (Lipinski definition) is 0. The van der Waals surface area contributed by atoms with Crippen LogP contribution in [0.4, 0.5) is 0 Å². The van der Waals surface area contributed by atoms with Gasteiger partial charge in [0.05, 0.1) is 5.16 Å². The van der Waals surface area contributed by atoms with E-state index in [4.69, 9.17) is 0 Å². The highest BCUT2D eigenvalue weighted by Crippen LogP contribution is 2.15. The Hall–Kier alpha value is 0.150. The molecule has 0 spiro atoms. The third-order valence-electron chi connectivity index (χ3n) is 1.52. The molecule has 0 saturated heterocycles. The van der Waals surface area contributed by atoms with Crippen LogP contribution >= 0.6 is 24.0 Å². The van der Waals surface area contributed by atoms with Crippen molar-refractivity contribution in [1.29, 1.82) is 0 Å². The lowest BCUT2D eigenvalue weighted by Gasteiger charge is -2.05. The molecule has 0 aliphatic heterocycles. The second-order valence-corrected chi connectivity index (χ2v) is 3.60. The van der Waals surface area contributed by atoms with E-state index in [1.807, 2.05) is 0 Å². The first kappa shape index (κ1) is 11.2. The third-order valence-corrected chi connectivity index (χ3v) is 2.51. The lowest BCUT2D eigenvalue weighted by molar-refractivity contribution is 0.657. The van der Waals surface area contributed by atoms with Crippen LogP contribution in [0.3, 0.4) is 0 Å². The Balaban J connectivity index is 3.43. The molecule has 0 aromatic carbocycles. The highest BCUT2D eigenvalue weighted by molar-refractivity contribution is 7.99. The summed E-state index contributed by atoms with van der Waals surface area (Å²) in [5, 5.41) is 2.78. The fraction of sp³-hybridized carbons (Fsp3) is 0.875. The molecule has 1 nitrogen and oxygen atoms in total. The summed E-state index contributed by atoms with van der Waals surface area (Å²) in [5.74, 6) is 0. The smallest absolute Gasteiger partial charge is 0.105 e. The molecule has 0 N–H and O–H groups in total. The maximum Gasteiger partial charge on any atom is 0.105 e. The number of hydrogen-bond acceptors (Lipinski definition) is 3. The minimum atomic E-state index is 0.346. The van der Waals surface area contributed by atoms with Crippen molar-refractivity contribution in [3.05, 3.63) is 0 Å². The predicted octanol–water partition coefficient (Wildman–Crippen LogP) is 3.36. The largest absolute Gasteiger partial charge is 0.218 e. The normalized spacial score (nSPS) is 12.2. The van der Waals surface area contributed by atoms with Crippen molar-refractivity contribution in [1.82, 2.24) is 0 Å². The van der Waals surface area contributed by atoms with Crippen LogP contribution in [0.5, 0.6) is 0 Å². The molecular weight excluding hydrogens is 174 g/mol. The fourth-order valence-corrected chi connectivity index (χ4v) is 1.62. The summed E-state index contributed by atoms with van der Waals surface area (Å²) in [4.78, 5) is 4.04. The monoisotopic (exact) mass is 189 g/mol. The number of isothiocyanates is 1. The van der Waals surface area contributed by atoms with E-state index < -0.39 is 0 Å². The van der Waals surface area contributed by atoms with Crippen molar-refractivity contribution in [2.75, 3.05) is 6.26 Å². The van der Waals surface area contributed by atoms with Gasteiger partial charge in [-0.25, -0.2) is 4.99 Å². The summed E-state index contributed by atoms with van der Waals surface area (Å²) in [6.07, 6.45) is 7.01.